The first-order valence-electron chi connectivity index (χ1n) is 5.84. The van der Waals surface area contributed by atoms with E-state index in [2.05, 4.69) is 9.83 Å². The van der Waals surface area contributed by atoms with Crippen LogP contribution >= 0.6 is 0 Å². The zero-order valence-electron chi connectivity index (χ0n) is 10.3. The largest absolute Gasteiger partial charge is 0.504 e. The lowest BCUT2D eigenvalue weighted by Gasteiger charge is -2.08. The van der Waals surface area contributed by atoms with Gasteiger partial charge in [-0.15, -0.1) is 0 Å². The van der Waals surface area contributed by atoms with E-state index in [1.165, 1.54) is 12.3 Å². The molecule has 2 heterocycles. The van der Waals surface area contributed by atoms with Gasteiger partial charge in [0, 0.05) is 6.20 Å². The Labute approximate surface area is 115 Å². The van der Waals surface area contributed by atoms with E-state index >= 15 is 0 Å². The summed E-state index contributed by atoms with van der Waals surface area (Å²) in [4.78, 5) is 7.05. The second-order valence-corrected chi connectivity index (χ2v) is 4.26. The van der Waals surface area contributed by atoms with Gasteiger partial charge >= 0.3 is 7.12 Å². The molecule has 0 aliphatic carbocycles. The summed E-state index contributed by atoms with van der Waals surface area (Å²) >= 11 is 0. The molecule has 0 radical (unpaired) electrons. The van der Waals surface area contributed by atoms with Crippen molar-refractivity contribution in [1.82, 2.24) is 4.98 Å². The second kappa shape index (κ2) is 4.85. The van der Waals surface area contributed by atoms with Crippen LogP contribution in [-0.4, -0.2) is 22.2 Å². The van der Waals surface area contributed by atoms with Crippen molar-refractivity contribution in [1.29, 1.82) is 0 Å². The average molecular weight is 268 g/mol. The van der Waals surface area contributed by atoms with Crippen LogP contribution in [0.3, 0.4) is 0 Å². The number of aromatic nitrogens is 1. The topological polar surface area (TPSA) is 76.2 Å². The highest BCUT2D eigenvalue weighted by Crippen LogP contribution is 2.31. The number of aromatic hydroxyl groups is 1. The fraction of sp³-hybridized carbons (Fsp3) is 0.0769. The molecule has 0 bridgehead atoms. The van der Waals surface area contributed by atoms with E-state index in [4.69, 9.17) is 16.0 Å². The van der Waals surface area contributed by atoms with Gasteiger partial charge in [0.15, 0.2) is 5.75 Å². The Kier molecular flexibility index (Phi) is 3.02. The van der Waals surface area contributed by atoms with Crippen LogP contribution in [0.15, 0.2) is 30.5 Å². The third-order valence-electron chi connectivity index (χ3n) is 2.94. The van der Waals surface area contributed by atoms with Crippen LogP contribution < -0.4 is 10.2 Å². The minimum atomic E-state index is -0.900. The van der Waals surface area contributed by atoms with Crippen LogP contribution in [0.1, 0.15) is 5.56 Å². The maximum Gasteiger partial charge on any atom is 0.491 e. The second-order valence-electron chi connectivity index (χ2n) is 4.26. The molecule has 3 rings (SSSR count). The van der Waals surface area contributed by atoms with E-state index in [9.17, 15) is 10.1 Å². The molecule has 0 saturated heterocycles. The van der Waals surface area contributed by atoms with Gasteiger partial charge < -0.3 is 19.5 Å². The van der Waals surface area contributed by atoms with Crippen molar-refractivity contribution in [3.63, 3.8) is 0 Å². The van der Waals surface area contributed by atoms with Crippen molar-refractivity contribution in [3.05, 3.63) is 47.4 Å². The van der Waals surface area contributed by atoms with E-state index in [-0.39, 0.29) is 17.3 Å². The zero-order valence-corrected chi connectivity index (χ0v) is 10.3. The van der Waals surface area contributed by atoms with Crippen LogP contribution in [0, 0.1) is 6.57 Å². The summed E-state index contributed by atoms with van der Waals surface area (Å²) < 4.78 is 10.6. The minimum Gasteiger partial charge on any atom is -0.504 e. The predicted octanol–water partition coefficient (Wildman–Crippen LogP) is 1.35. The summed E-state index contributed by atoms with van der Waals surface area (Å²) in [7, 11) is -0.900. The number of pyridine rings is 1. The quantitative estimate of drug-likeness (QED) is 0.635. The van der Waals surface area contributed by atoms with Crippen molar-refractivity contribution in [3.8, 4) is 17.4 Å². The molecule has 1 aliphatic rings. The Morgan fingerprint density at radius 3 is 3.00 bits per heavy atom. The third kappa shape index (κ3) is 2.18. The van der Waals surface area contributed by atoms with E-state index in [1.54, 1.807) is 18.2 Å². The van der Waals surface area contributed by atoms with Gasteiger partial charge in [-0.2, -0.15) is 0 Å². The van der Waals surface area contributed by atoms with Crippen molar-refractivity contribution in [2.24, 2.45) is 0 Å². The first-order valence-corrected chi connectivity index (χ1v) is 5.84. The van der Waals surface area contributed by atoms with Crippen molar-refractivity contribution in [2.75, 3.05) is 0 Å². The van der Waals surface area contributed by atoms with Gasteiger partial charge in [-0.05, 0) is 29.2 Å². The lowest BCUT2D eigenvalue weighted by Crippen LogP contribution is -2.27. The SMILES string of the molecule is [C-]#[N+]c1cnc(Oc2ccc3c(c2)COB3O)c(O)c1. The first kappa shape index (κ1) is 12.5. The molecule has 0 saturated carbocycles. The molecular weight excluding hydrogens is 259 g/mol. The highest BCUT2D eigenvalue weighted by atomic mass is 16.5. The van der Waals surface area contributed by atoms with E-state index in [0.717, 1.165) is 5.56 Å². The van der Waals surface area contributed by atoms with Crippen LogP contribution in [0.5, 0.6) is 17.4 Å². The van der Waals surface area contributed by atoms with Crippen LogP contribution in [-0.2, 0) is 11.3 Å². The fourth-order valence-corrected chi connectivity index (χ4v) is 1.95. The molecule has 0 atom stereocenters. The summed E-state index contributed by atoms with van der Waals surface area (Å²) in [5.41, 5.74) is 1.77. The van der Waals surface area contributed by atoms with Crippen LogP contribution in [0.25, 0.3) is 4.85 Å². The predicted molar refractivity (Wildman–Crippen MR) is 71.1 cm³/mol. The number of benzene rings is 1. The third-order valence-corrected chi connectivity index (χ3v) is 2.94. The van der Waals surface area contributed by atoms with Crippen molar-refractivity contribution in [2.45, 2.75) is 6.61 Å². The van der Waals surface area contributed by atoms with Gasteiger partial charge in [-0.3, -0.25) is 0 Å². The lowest BCUT2D eigenvalue weighted by atomic mass is 9.80. The molecule has 7 heteroatoms. The maximum absolute atomic E-state index is 9.72. The zero-order chi connectivity index (χ0) is 14.1. The summed E-state index contributed by atoms with van der Waals surface area (Å²) in [6, 6.07) is 6.36. The standard InChI is InChI=1S/C13H9BN2O4/c1-15-9-5-12(17)13(16-6-9)20-10-2-3-11-8(4-10)7-19-14(11)18/h2-6,17-18H,7H2. The summed E-state index contributed by atoms with van der Waals surface area (Å²) in [6.07, 6.45) is 1.32. The van der Waals surface area contributed by atoms with Gasteiger partial charge in [-0.1, -0.05) is 6.07 Å². The van der Waals surface area contributed by atoms with Gasteiger partial charge in [0.2, 0.25) is 5.69 Å². The molecule has 1 aromatic carbocycles. The molecule has 2 aromatic rings. The summed E-state index contributed by atoms with van der Waals surface area (Å²) in [6.45, 7) is 7.14. The van der Waals surface area contributed by atoms with Crippen molar-refractivity contribution >= 4 is 18.3 Å². The molecule has 1 aromatic heterocycles. The van der Waals surface area contributed by atoms with Crippen LogP contribution in [0.2, 0.25) is 0 Å². The summed E-state index contributed by atoms with van der Waals surface area (Å²) in [5, 5.41) is 19.2. The summed E-state index contributed by atoms with van der Waals surface area (Å²) in [5.74, 6) is 0.298. The van der Waals surface area contributed by atoms with Gasteiger partial charge in [0.25, 0.3) is 5.88 Å². The molecular formula is C13H9BN2O4. The molecule has 0 spiro atoms. The van der Waals surface area contributed by atoms with Crippen molar-refractivity contribution < 1.29 is 19.5 Å². The molecule has 0 unspecified atom stereocenters. The molecule has 2 N–H and O–H groups in total. The Morgan fingerprint density at radius 2 is 2.25 bits per heavy atom. The number of ether oxygens (including phenoxy) is 1. The number of fused-ring (bicyclic) bond motifs is 1. The first-order chi connectivity index (χ1) is 9.67. The Hall–Kier alpha value is -2.56. The number of rotatable bonds is 2. The molecule has 0 fully saturated rings. The molecule has 20 heavy (non-hydrogen) atoms. The van der Waals surface area contributed by atoms with E-state index in [1.807, 2.05) is 0 Å². The van der Waals surface area contributed by atoms with Gasteiger partial charge in [0.1, 0.15) is 5.75 Å². The molecule has 98 valence electrons. The Balaban J connectivity index is 1.87. The maximum atomic E-state index is 9.72. The fourth-order valence-electron chi connectivity index (χ4n) is 1.95. The smallest absolute Gasteiger partial charge is 0.491 e. The number of nitrogens with zero attached hydrogens (tertiary/aromatic N) is 2. The monoisotopic (exact) mass is 268 g/mol. The van der Waals surface area contributed by atoms with Crippen LogP contribution in [0.4, 0.5) is 5.69 Å². The number of hydrogen-bond donors (Lipinski definition) is 2. The van der Waals surface area contributed by atoms with E-state index in [0.29, 0.717) is 17.8 Å². The molecule has 6 nitrogen and oxygen atoms in total. The highest BCUT2D eigenvalue weighted by molar-refractivity contribution is 6.61. The van der Waals surface area contributed by atoms with E-state index < -0.39 is 7.12 Å². The molecule has 1 aliphatic heterocycles. The Bertz CT molecular complexity index is 714. The highest BCUT2D eigenvalue weighted by Gasteiger charge is 2.27. The number of hydrogen-bond acceptors (Lipinski definition) is 5. The van der Waals surface area contributed by atoms with Gasteiger partial charge in [0.05, 0.1) is 13.2 Å². The Morgan fingerprint density at radius 1 is 1.40 bits per heavy atom. The minimum absolute atomic E-state index is 0.0248. The normalized spacial score (nSPS) is 12.9. The lowest BCUT2D eigenvalue weighted by molar-refractivity contribution is 0.275. The van der Waals surface area contributed by atoms with Gasteiger partial charge in [-0.25, -0.2) is 9.83 Å². The molecule has 0 amide bonds. The average Bonchev–Trinajstić information content (AvgIpc) is 2.82.